The zero-order valence-electron chi connectivity index (χ0n) is 10.6. The molecule has 1 rings (SSSR count). The predicted octanol–water partition coefficient (Wildman–Crippen LogP) is 1.60. The van der Waals surface area contributed by atoms with Gasteiger partial charge in [0, 0.05) is 24.6 Å². The van der Waals surface area contributed by atoms with Crippen LogP contribution in [-0.4, -0.2) is 36.7 Å². The summed E-state index contributed by atoms with van der Waals surface area (Å²) in [4.78, 5) is 22.7. The number of methoxy groups -OCH3 is 1. The first-order chi connectivity index (χ1) is 9.02. The second kappa shape index (κ2) is 7.91. The molecule has 0 saturated carbocycles. The van der Waals surface area contributed by atoms with Crippen molar-refractivity contribution < 1.29 is 19.4 Å². The van der Waals surface area contributed by atoms with Crippen LogP contribution >= 0.6 is 15.9 Å². The van der Waals surface area contributed by atoms with Crippen LogP contribution in [-0.2, 0) is 20.7 Å². The van der Waals surface area contributed by atoms with Crippen molar-refractivity contribution in [2.75, 3.05) is 13.7 Å². The molecule has 19 heavy (non-hydrogen) atoms. The topological polar surface area (TPSA) is 75.6 Å². The van der Waals surface area contributed by atoms with E-state index >= 15 is 0 Å². The van der Waals surface area contributed by atoms with E-state index in [0.717, 1.165) is 10.0 Å². The largest absolute Gasteiger partial charge is 0.480 e. The van der Waals surface area contributed by atoms with Crippen LogP contribution < -0.4 is 5.32 Å². The first kappa shape index (κ1) is 15.7. The number of hydrogen-bond acceptors (Lipinski definition) is 3. The Kier molecular flexibility index (Phi) is 6.52. The number of amides is 1. The van der Waals surface area contributed by atoms with Crippen LogP contribution in [0.4, 0.5) is 0 Å². The van der Waals surface area contributed by atoms with Crippen LogP contribution in [0.5, 0.6) is 0 Å². The highest BCUT2D eigenvalue weighted by molar-refractivity contribution is 9.10. The van der Waals surface area contributed by atoms with Gasteiger partial charge < -0.3 is 15.2 Å². The molecular weight excluding hydrogens is 314 g/mol. The first-order valence-electron chi connectivity index (χ1n) is 5.78. The molecule has 0 fully saturated rings. The second-order valence-corrected chi connectivity index (χ2v) is 4.96. The van der Waals surface area contributed by atoms with Crippen molar-refractivity contribution in [1.29, 1.82) is 0 Å². The van der Waals surface area contributed by atoms with E-state index < -0.39 is 12.0 Å². The zero-order chi connectivity index (χ0) is 14.3. The smallest absolute Gasteiger partial charge is 0.326 e. The number of halogens is 1. The molecule has 2 N–H and O–H groups in total. The van der Waals surface area contributed by atoms with Gasteiger partial charge in [0.1, 0.15) is 6.04 Å². The monoisotopic (exact) mass is 329 g/mol. The summed E-state index contributed by atoms with van der Waals surface area (Å²) < 4.78 is 5.70. The van der Waals surface area contributed by atoms with Crippen LogP contribution in [0.2, 0.25) is 0 Å². The molecular formula is C13H16BrNO4. The van der Waals surface area contributed by atoms with Gasteiger partial charge in [-0.3, -0.25) is 4.79 Å². The highest BCUT2D eigenvalue weighted by Gasteiger charge is 2.19. The molecule has 5 nitrogen and oxygen atoms in total. The highest BCUT2D eigenvalue weighted by Crippen LogP contribution is 2.12. The Bertz CT molecular complexity index is 450. The molecule has 1 unspecified atom stereocenters. The molecule has 1 aromatic rings. The zero-order valence-corrected chi connectivity index (χ0v) is 12.1. The number of hydrogen-bond donors (Lipinski definition) is 2. The minimum atomic E-state index is -1.06. The molecule has 0 aliphatic carbocycles. The number of carboxylic acid groups (broad SMARTS) is 1. The van der Waals surface area contributed by atoms with Crippen molar-refractivity contribution in [3.63, 3.8) is 0 Å². The maximum Gasteiger partial charge on any atom is 0.326 e. The number of ether oxygens (including phenoxy) is 1. The number of rotatable bonds is 7. The summed E-state index contributed by atoms with van der Waals surface area (Å²) in [5.41, 5.74) is 0.822. The fourth-order valence-electron chi connectivity index (χ4n) is 1.57. The Morgan fingerprint density at radius 1 is 1.47 bits per heavy atom. The van der Waals surface area contributed by atoms with Crippen molar-refractivity contribution in [2.45, 2.75) is 18.9 Å². The fourth-order valence-corrected chi connectivity index (χ4v) is 2.02. The summed E-state index contributed by atoms with van der Waals surface area (Å²) in [7, 11) is 1.49. The third-order valence-corrected chi connectivity index (χ3v) is 2.99. The third kappa shape index (κ3) is 5.85. The molecule has 1 atom stereocenters. The summed E-state index contributed by atoms with van der Waals surface area (Å²) in [6.07, 6.45) is 0.395. The number of carboxylic acids is 1. The van der Waals surface area contributed by atoms with E-state index in [1.807, 2.05) is 24.3 Å². The van der Waals surface area contributed by atoms with Gasteiger partial charge >= 0.3 is 5.97 Å². The third-order valence-electron chi connectivity index (χ3n) is 2.50. The number of benzene rings is 1. The number of carbonyl (C=O) groups is 2. The van der Waals surface area contributed by atoms with Gasteiger partial charge in [-0.25, -0.2) is 4.79 Å². The lowest BCUT2D eigenvalue weighted by atomic mass is 10.1. The Morgan fingerprint density at radius 3 is 2.79 bits per heavy atom. The van der Waals surface area contributed by atoms with Crippen LogP contribution in [0, 0.1) is 0 Å². The molecule has 0 aliphatic rings. The van der Waals surface area contributed by atoms with Gasteiger partial charge in [-0.2, -0.15) is 0 Å². The van der Waals surface area contributed by atoms with Crippen molar-refractivity contribution >= 4 is 27.8 Å². The molecule has 104 valence electrons. The van der Waals surface area contributed by atoms with E-state index in [-0.39, 0.29) is 25.4 Å². The Labute approximate surface area is 120 Å². The average Bonchev–Trinajstić information content (AvgIpc) is 2.34. The molecule has 0 bridgehead atoms. The van der Waals surface area contributed by atoms with E-state index in [1.165, 1.54) is 7.11 Å². The summed E-state index contributed by atoms with van der Waals surface area (Å²) in [5.74, 6) is -1.37. The molecule has 0 heterocycles. The highest BCUT2D eigenvalue weighted by atomic mass is 79.9. The van der Waals surface area contributed by atoms with Gasteiger partial charge in [0.05, 0.1) is 6.42 Å². The molecule has 0 aromatic heterocycles. The number of carbonyl (C=O) groups excluding carboxylic acids is 1. The van der Waals surface area contributed by atoms with Gasteiger partial charge in [-0.1, -0.05) is 28.1 Å². The van der Waals surface area contributed by atoms with E-state index in [0.29, 0.717) is 0 Å². The molecule has 0 spiro atoms. The SMILES string of the molecule is COCCC(NC(=O)Cc1cccc(Br)c1)C(=O)O. The van der Waals surface area contributed by atoms with Crippen molar-refractivity contribution in [1.82, 2.24) is 5.32 Å². The van der Waals surface area contributed by atoms with Gasteiger partial charge in [0.25, 0.3) is 0 Å². The number of aliphatic carboxylic acids is 1. The Morgan fingerprint density at radius 2 is 2.21 bits per heavy atom. The standard InChI is InChI=1S/C13H16BrNO4/c1-19-6-5-11(13(17)18)15-12(16)8-9-3-2-4-10(14)7-9/h2-4,7,11H,5-6,8H2,1H3,(H,15,16)(H,17,18). The van der Waals surface area contributed by atoms with Crippen LogP contribution in [0.3, 0.4) is 0 Å². The molecule has 0 aliphatic heterocycles. The molecule has 1 amide bonds. The van der Waals surface area contributed by atoms with E-state index in [9.17, 15) is 9.59 Å². The normalized spacial score (nSPS) is 11.9. The Balaban J connectivity index is 2.55. The maximum atomic E-state index is 11.8. The van der Waals surface area contributed by atoms with Gasteiger partial charge in [-0.15, -0.1) is 0 Å². The molecule has 1 aromatic carbocycles. The summed E-state index contributed by atoms with van der Waals surface area (Å²) >= 11 is 3.32. The summed E-state index contributed by atoms with van der Waals surface area (Å²) in [6.45, 7) is 0.286. The average molecular weight is 330 g/mol. The predicted molar refractivity (Wildman–Crippen MR) is 73.9 cm³/mol. The van der Waals surface area contributed by atoms with E-state index in [4.69, 9.17) is 9.84 Å². The van der Waals surface area contributed by atoms with Gasteiger partial charge in [-0.05, 0) is 17.7 Å². The summed E-state index contributed by atoms with van der Waals surface area (Å²) in [6, 6.07) is 6.41. The van der Waals surface area contributed by atoms with E-state index in [1.54, 1.807) is 0 Å². The van der Waals surface area contributed by atoms with Crippen LogP contribution in [0.15, 0.2) is 28.7 Å². The lowest BCUT2D eigenvalue weighted by Crippen LogP contribution is -2.42. The van der Waals surface area contributed by atoms with Crippen molar-refractivity contribution in [2.24, 2.45) is 0 Å². The number of nitrogens with one attached hydrogen (secondary N) is 1. The molecule has 0 saturated heterocycles. The van der Waals surface area contributed by atoms with Gasteiger partial charge in [0.15, 0.2) is 0 Å². The second-order valence-electron chi connectivity index (χ2n) is 4.05. The molecule has 6 heteroatoms. The fraction of sp³-hybridized carbons (Fsp3) is 0.385. The van der Waals surface area contributed by atoms with Crippen molar-refractivity contribution in [3.8, 4) is 0 Å². The summed E-state index contributed by atoms with van der Waals surface area (Å²) in [5, 5.41) is 11.5. The first-order valence-corrected chi connectivity index (χ1v) is 6.57. The minimum absolute atomic E-state index is 0.149. The quantitative estimate of drug-likeness (QED) is 0.796. The van der Waals surface area contributed by atoms with Crippen LogP contribution in [0.25, 0.3) is 0 Å². The lowest BCUT2D eigenvalue weighted by molar-refractivity contribution is -0.142. The van der Waals surface area contributed by atoms with Gasteiger partial charge in [0.2, 0.25) is 5.91 Å². The lowest BCUT2D eigenvalue weighted by Gasteiger charge is -2.14. The van der Waals surface area contributed by atoms with E-state index in [2.05, 4.69) is 21.2 Å². The minimum Gasteiger partial charge on any atom is -0.480 e. The Hall–Kier alpha value is -1.40. The maximum absolute atomic E-state index is 11.8. The van der Waals surface area contributed by atoms with Crippen LogP contribution in [0.1, 0.15) is 12.0 Å². The molecule has 0 radical (unpaired) electrons. The van der Waals surface area contributed by atoms with Crippen molar-refractivity contribution in [3.05, 3.63) is 34.3 Å².